The Balaban J connectivity index is 1.31. The lowest BCUT2D eigenvalue weighted by atomic mass is 10.2. The molecule has 0 atom stereocenters. The van der Waals surface area contributed by atoms with Gasteiger partial charge in [0.25, 0.3) is 0 Å². The predicted molar refractivity (Wildman–Crippen MR) is 121 cm³/mol. The van der Waals surface area contributed by atoms with Gasteiger partial charge < -0.3 is 15.1 Å². The van der Waals surface area contributed by atoms with E-state index >= 15 is 0 Å². The van der Waals surface area contributed by atoms with Gasteiger partial charge in [0, 0.05) is 63.0 Å². The second-order valence-corrected chi connectivity index (χ2v) is 7.72. The first kappa shape index (κ1) is 21.4. The van der Waals surface area contributed by atoms with Crippen molar-refractivity contribution >= 4 is 23.3 Å². The molecule has 0 aliphatic carbocycles. The third kappa shape index (κ3) is 5.23. The van der Waals surface area contributed by atoms with E-state index in [0.717, 1.165) is 35.6 Å². The minimum atomic E-state index is -0.184. The number of pyridine rings is 2. The van der Waals surface area contributed by atoms with Crippen molar-refractivity contribution in [3.05, 3.63) is 60.3 Å². The minimum absolute atomic E-state index is 0.105. The monoisotopic (exact) mass is 431 g/mol. The molecule has 0 aromatic carbocycles. The fourth-order valence-corrected chi connectivity index (χ4v) is 3.58. The van der Waals surface area contributed by atoms with Gasteiger partial charge in [-0.25, -0.2) is 15.0 Å². The molecule has 164 valence electrons. The number of aryl methyl sites for hydroxylation is 1. The fraction of sp³-hybridized carbons (Fsp3) is 0.304. The van der Waals surface area contributed by atoms with Crippen LogP contribution in [0.25, 0.3) is 11.4 Å². The average molecular weight is 432 g/mol. The highest BCUT2D eigenvalue weighted by Gasteiger charge is 2.19. The van der Waals surface area contributed by atoms with Crippen LogP contribution < -0.4 is 10.2 Å². The summed E-state index contributed by atoms with van der Waals surface area (Å²) in [7, 11) is 0. The Morgan fingerprint density at radius 2 is 1.72 bits per heavy atom. The number of anilines is 2. The summed E-state index contributed by atoms with van der Waals surface area (Å²) in [6, 6.07) is 7.49. The van der Waals surface area contributed by atoms with Gasteiger partial charge in [0.05, 0.1) is 18.3 Å². The molecule has 9 nitrogen and oxygen atoms in total. The molecule has 9 heteroatoms. The fourth-order valence-electron chi connectivity index (χ4n) is 3.58. The molecule has 1 saturated heterocycles. The van der Waals surface area contributed by atoms with Crippen molar-refractivity contribution in [2.75, 3.05) is 36.4 Å². The SMILES string of the molecule is CC(=O)N1CCN(c2ccc(NC(=O)Cc3cnc(-c4ccnc(C)c4)nc3)nc2)CC1. The number of nitrogens with zero attached hydrogens (tertiary/aromatic N) is 6. The average Bonchev–Trinajstić information content (AvgIpc) is 2.80. The summed E-state index contributed by atoms with van der Waals surface area (Å²) in [6.45, 7) is 6.45. The Bertz CT molecular complexity index is 1090. The van der Waals surface area contributed by atoms with Crippen molar-refractivity contribution < 1.29 is 9.59 Å². The molecule has 1 aliphatic heterocycles. The molecule has 1 fully saturated rings. The smallest absolute Gasteiger partial charge is 0.230 e. The molecule has 4 rings (SSSR count). The first-order chi connectivity index (χ1) is 15.5. The molecule has 1 aliphatic rings. The molecule has 3 aromatic heterocycles. The van der Waals surface area contributed by atoms with Crippen molar-refractivity contribution in [2.45, 2.75) is 20.3 Å². The zero-order valence-electron chi connectivity index (χ0n) is 18.2. The van der Waals surface area contributed by atoms with E-state index < -0.39 is 0 Å². The number of carbonyl (C=O) groups excluding carboxylic acids is 2. The highest BCUT2D eigenvalue weighted by atomic mass is 16.2. The number of hydrogen-bond donors (Lipinski definition) is 1. The van der Waals surface area contributed by atoms with E-state index in [1.807, 2.05) is 30.0 Å². The van der Waals surface area contributed by atoms with Crippen LogP contribution >= 0.6 is 0 Å². The standard InChI is InChI=1S/C23H25N7O2/c1-16-11-19(5-6-24-16)23-26-13-18(14-27-23)12-22(32)28-21-4-3-20(15-25-21)30-9-7-29(8-10-30)17(2)31/h3-6,11,13-15H,7-10,12H2,1-2H3,(H,25,28,32). The van der Waals surface area contributed by atoms with Gasteiger partial charge in [0.15, 0.2) is 5.82 Å². The van der Waals surface area contributed by atoms with Crippen LogP contribution in [0.15, 0.2) is 49.1 Å². The minimum Gasteiger partial charge on any atom is -0.367 e. The molecule has 0 bridgehead atoms. The predicted octanol–water partition coefficient (Wildman–Crippen LogP) is 2.09. The summed E-state index contributed by atoms with van der Waals surface area (Å²) < 4.78 is 0. The zero-order chi connectivity index (χ0) is 22.5. The van der Waals surface area contributed by atoms with Crippen molar-refractivity contribution in [2.24, 2.45) is 0 Å². The van der Waals surface area contributed by atoms with Crippen molar-refractivity contribution in [3.63, 3.8) is 0 Å². The van der Waals surface area contributed by atoms with Gasteiger partial charge in [-0.1, -0.05) is 0 Å². The Morgan fingerprint density at radius 3 is 2.34 bits per heavy atom. The quantitative estimate of drug-likeness (QED) is 0.660. The maximum absolute atomic E-state index is 12.4. The lowest BCUT2D eigenvalue weighted by molar-refractivity contribution is -0.129. The maximum Gasteiger partial charge on any atom is 0.230 e. The first-order valence-corrected chi connectivity index (χ1v) is 10.5. The van der Waals surface area contributed by atoms with Crippen LogP contribution in [0.1, 0.15) is 18.2 Å². The van der Waals surface area contributed by atoms with Crippen LogP contribution in [0, 0.1) is 6.92 Å². The summed E-state index contributed by atoms with van der Waals surface area (Å²) >= 11 is 0. The molecule has 0 saturated carbocycles. The van der Waals surface area contributed by atoms with E-state index in [1.165, 1.54) is 0 Å². The third-order valence-corrected chi connectivity index (χ3v) is 5.33. The normalized spacial score (nSPS) is 13.7. The Morgan fingerprint density at radius 1 is 0.969 bits per heavy atom. The van der Waals surface area contributed by atoms with Crippen molar-refractivity contribution in [3.8, 4) is 11.4 Å². The number of rotatable bonds is 5. The maximum atomic E-state index is 12.4. The first-order valence-electron chi connectivity index (χ1n) is 10.5. The van der Waals surface area contributed by atoms with Crippen molar-refractivity contribution in [1.29, 1.82) is 0 Å². The molecular formula is C23H25N7O2. The number of aromatic nitrogens is 4. The van der Waals surface area contributed by atoms with Crippen LogP contribution in [0.4, 0.5) is 11.5 Å². The van der Waals surface area contributed by atoms with Gasteiger partial charge in [0.1, 0.15) is 5.82 Å². The van der Waals surface area contributed by atoms with E-state index in [0.29, 0.717) is 24.7 Å². The lowest BCUT2D eigenvalue weighted by Gasteiger charge is -2.35. The summed E-state index contributed by atoms with van der Waals surface area (Å²) in [6.07, 6.45) is 6.95. The van der Waals surface area contributed by atoms with Gasteiger partial charge in [-0.15, -0.1) is 0 Å². The topological polar surface area (TPSA) is 104 Å². The van der Waals surface area contributed by atoms with Crippen LogP contribution in [0.3, 0.4) is 0 Å². The largest absolute Gasteiger partial charge is 0.367 e. The van der Waals surface area contributed by atoms with Gasteiger partial charge in [0.2, 0.25) is 11.8 Å². The molecule has 32 heavy (non-hydrogen) atoms. The number of hydrogen-bond acceptors (Lipinski definition) is 7. The Kier molecular flexibility index (Phi) is 6.34. The number of amides is 2. The van der Waals surface area contributed by atoms with Crippen molar-refractivity contribution in [1.82, 2.24) is 24.8 Å². The second kappa shape index (κ2) is 9.51. The summed E-state index contributed by atoms with van der Waals surface area (Å²) in [4.78, 5) is 45.1. The third-order valence-electron chi connectivity index (χ3n) is 5.33. The van der Waals surface area contributed by atoms with E-state index in [9.17, 15) is 9.59 Å². The lowest BCUT2D eigenvalue weighted by Crippen LogP contribution is -2.48. The van der Waals surface area contributed by atoms with Gasteiger partial charge in [-0.3, -0.25) is 14.6 Å². The molecule has 4 heterocycles. The molecular weight excluding hydrogens is 406 g/mol. The highest BCUT2D eigenvalue weighted by molar-refractivity contribution is 5.91. The van der Waals surface area contributed by atoms with Crippen LogP contribution in [-0.4, -0.2) is 62.8 Å². The number of piperazine rings is 1. The van der Waals surface area contributed by atoms with Crippen LogP contribution in [-0.2, 0) is 16.0 Å². The molecule has 0 spiro atoms. The number of carbonyl (C=O) groups is 2. The molecule has 0 radical (unpaired) electrons. The Hall–Kier alpha value is -3.88. The number of nitrogens with one attached hydrogen (secondary N) is 1. The van der Waals surface area contributed by atoms with Gasteiger partial charge in [-0.05, 0) is 36.8 Å². The van der Waals surface area contributed by atoms with Gasteiger partial charge in [-0.2, -0.15) is 0 Å². The van der Waals surface area contributed by atoms with Crippen LogP contribution in [0.5, 0.6) is 0 Å². The summed E-state index contributed by atoms with van der Waals surface area (Å²) in [5, 5.41) is 2.81. The zero-order valence-corrected chi connectivity index (χ0v) is 18.2. The molecule has 0 unspecified atom stereocenters. The van der Waals surface area contributed by atoms with Crippen LogP contribution in [0.2, 0.25) is 0 Å². The van der Waals surface area contributed by atoms with Gasteiger partial charge >= 0.3 is 0 Å². The molecule has 2 amide bonds. The summed E-state index contributed by atoms with van der Waals surface area (Å²) in [5.41, 5.74) is 3.48. The molecule has 3 aromatic rings. The van der Waals surface area contributed by atoms with E-state index in [2.05, 4.69) is 30.2 Å². The Labute approximate surface area is 186 Å². The second-order valence-electron chi connectivity index (χ2n) is 7.72. The highest BCUT2D eigenvalue weighted by Crippen LogP contribution is 2.18. The summed E-state index contributed by atoms with van der Waals surface area (Å²) in [5.74, 6) is 1.01. The molecule has 1 N–H and O–H groups in total. The van der Waals surface area contributed by atoms with E-state index in [-0.39, 0.29) is 18.2 Å². The van der Waals surface area contributed by atoms with E-state index in [4.69, 9.17) is 0 Å². The van der Waals surface area contributed by atoms with E-state index in [1.54, 1.807) is 37.8 Å².